The zero-order chi connectivity index (χ0) is 21.3. The highest BCUT2D eigenvalue weighted by Gasteiger charge is 2.32. The Morgan fingerprint density at radius 3 is 2.37 bits per heavy atom. The van der Waals surface area contributed by atoms with E-state index < -0.39 is 29.4 Å². The zero-order valence-corrected chi connectivity index (χ0v) is 15.7. The van der Waals surface area contributed by atoms with Crippen molar-refractivity contribution in [3.63, 3.8) is 0 Å². The highest BCUT2D eigenvalue weighted by molar-refractivity contribution is 5.94. The average Bonchev–Trinajstić information content (AvgIpc) is 3.19. The fourth-order valence-corrected chi connectivity index (χ4v) is 3.53. The molecule has 1 amide bonds. The molecule has 3 N–H and O–H groups in total. The number of pyridine rings is 1. The van der Waals surface area contributed by atoms with E-state index in [0.717, 1.165) is 35.8 Å². The monoisotopic (exact) mass is 413 g/mol. The van der Waals surface area contributed by atoms with Crippen molar-refractivity contribution in [3.05, 3.63) is 105 Å². The molecule has 1 aromatic heterocycles. The lowest BCUT2D eigenvalue weighted by Gasteiger charge is -2.21. The van der Waals surface area contributed by atoms with E-state index >= 15 is 0 Å². The van der Waals surface area contributed by atoms with E-state index in [-0.39, 0.29) is 5.56 Å². The molecule has 4 rings (SSSR count). The molecule has 3 aromatic rings. The maximum absolute atomic E-state index is 12.8. The molecule has 2 heterocycles. The number of rotatable bonds is 4. The number of halogens is 3. The van der Waals surface area contributed by atoms with Gasteiger partial charge >= 0.3 is 6.18 Å². The van der Waals surface area contributed by atoms with Crippen LogP contribution in [0.2, 0.25) is 0 Å². The molecule has 30 heavy (non-hydrogen) atoms. The van der Waals surface area contributed by atoms with E-state index in [1.165, 1.54) is 5.56 Å². The van der Waals surface area contributed by atoms with Crippen LogP contribution in [-0.2, 0) is 19.3 Å². The number of benzene rings is 2. The second-order valence-electron chi connectivity index (χ2n) is 7.06. The Balaban J connectivity index is 1.67. The number of carbonyl (C=O) groups is 1. The molecule has 0 saturated heterocycles. The lowest BCUT2D eigenvalue weighted by Crippen LogP contribution is -2.34. The summed E-state index contributed by atoms with van der Waals surface area (Å²) >= 11 is 0. The fourth-order valence-electron chi connectivity index (χ4n) is 3.53. The maximum atomic E-state index is 12.8. The molecule has 1 unspecified atom stereocenters. The lowest BCUT2D eigenvalue weighted by atomic mass is 9.95. The molecule has 5 nitrogen and oxygen atoms in total. The largest absolute Gasteiger partial charge is 0.431 e. The van der Waals surface area contributed by atoms with Gasteiger partial charge in [-0.15, -0.1) is 0 Å². The lowest BCUT2D eigenvalue weighted by molar-refractivity contribution is -0.141. The molecule has 0 fully saturated rings. The van der Waals surface area contributed by atoms with Crippen molar-refractivity contribution < 1.29 is 18.0 Å². The number of H-pyrrole nitrogens is 1. The standard InChI is InChI=1S/C22H18F3N3O2/c23-22(24,25)18-9-8-17(20(29)27-18)21(30)28-19(13-4-2-1-3-5-13)14-6-7-15-11-26-12-16(15)10-14/h1-10,19,26H,11-12H2,(H,27,29)(H,28,30). The smallest absolute Gasteiger partial charge is 0.341 e. The second kappa shape index (κ2) is 7.79. The first kappa shape index (κ1) is 19.9. The van der Waals surface area contributed by atoms with Crippen LogP contribution in [0.25, 0.3) is 0 Å². The van der Waals surface area contributed by atoms with Crippen LogP contribution < -0.4 is 16.2 Å². The van der Waals surface area contributed by atoms with Crippen molar-refractivity contribution in [2.45, 2.75) is 25.3 Å². The second-order valence-corrected chi connectivity index (χ2v) is 7.06. The molecule has 154 valence electrons. The topological polar surface area (TPSA) is 74.0 Å². The third kappa shape index (κ3) is 3.99. The minimum Gasteiger partial charge on any atom is -0.341 e. The van der Waals surface area contributed by atoms with E-state index in [1.54, 1.807) is 4.98 Å². The summed E-state index contributed by atoms with van der Waals surface area (Å²) in [7, 11) is 0. The molecule has 0 saturated carbocycles. The maximum Gasteiger partial charge on any atom is 0.431 e. The molecule has 1 atom stereocenters. The first-order valence-corrected chi connectivity index (χ1v) is 9.31. The van der Waals surface area contributed by atoms with Crippen molar-refractivity contribution in [1.29, 1.82) is 0 Å². The quantitative estimate of drug-likeness (QED) is 0.613. The van der Waals surface area contributed by atoms with Gasteiger partial charge in [0.15, 0.2) is 0 Å². The number of nitrogens with one attached hydrogen (secondary N) is 3. The summed E-state index contributed by atoms with van der Waals surface area (Å²) in [5.41, 5.74) is 1.24. The van der Waals surface area contributed by atoms with Crippen LogP contribution in [0.1, 0.15) is 44.3 Å². The van der Waals surface area contributed by atoms with Crippen molar-refractivity contribution in [1.82, 2.24) is 15.6 Å². The Bertz CT molecular complexity index is 1140. The van der Waals surface area contributed by atoms with Gasteiger partial charge in [-0.1, -0.05) is 48.5 Å². The van der Waals surface area contributed by atoms with Crippen LogP contribution in [0, 0.1) is 0 Å². The zero-order valence-electron chi connectivity index (χ0n) is 15.7. The van der Waals surface area contributed by atoms with Crippen LogP contribution in [0.3, 0.4) is 0 Å². The van der Waals surface area contributed by atoms with Gasteiger partial charge in [0.05, 0.1) is 6.04 Å². The van der Waals surface area contributed by atoms with Gasteiger partial charge in [0, 0.05) is 13.1 Å². The van der Waals surface area contributed by atoms with Crippen molar-refractivity contribution in [3.8, 4) is 0 Å². The Labute approximate surface area is 170 Å². The summed E-state index contributed by atoms with van der Waals surface area (Å²) in [6.45, 7) is 1.50. The molecule has 0 bridgehead atoms. The van der Waals surface area contributed by atoms with Crippen molar-refractivity contribution in [2.75, 3.05) is 0 Å². The van der Waals surface area contributed by atoms with Gasteiger partial charge in [-0.05, 0) is 34.4 Å². The van der Waals surface area contributed by atoms with Crippen molar-refractivity contribution in [2.24, 2.45) is 0 Å². The van der Waals surface area contributed by atoms with E-state index in [2.05, 4.69) is 10.6 Å². The normalized spacial score (nSPS) is 14.2. The summed E-state index contributed by atoms with van der Waals surface area (Å²) in [6, 6.07) is 16.1. The first-order valence-electron chi connectivity index (χ1n) is 9.31. The number of aromatic nitrogens is 1. The van der Waals surface area contributed by atoms with Gasteiger partial charge in [-0.2, -0.15) is 13.2 Å². The molecule has 0 radical (unpaired) electrons. The van der Waals surface area contributed by atoms with Crippen LogP contribution in [0.15, 0.2) is 65.5 Å². The van der Waals surface area contributed by atoms with Gasteiger partial charge in [-0.25, -0.2) is 0 Å². The van der Waals surface area contributed by atoms with Crippen LogP contribution in [0.4, 0.5) is 13.2 Å². The van der Waals surface area contributed by atoms with Crippen LogP contribution >= 0.6 is 0 Å². The predicted molar refractivity (Wildman–Crippen MR) is 105 cm³/mol. The molecule has 2 aromatic carbocycles. The number of hydrogen-bond acceptors (Lipinski definition) is 3. The molecule has 1 aliphatic heterocycles. The summed E-state index contributed by atoms with van der Waals surface area (Å²) in [4.78, 5) is 26.6. The third-order valence-corrected chi connectivity index (χ3v) is 5.06. The highest BCUT2D eigenvalue weighted by Crippen LogP contribution is 2.28. The molecule has 0 aliphatic carbocycles. The number of aromatic amines is 1. The Morgan fingerprint density at radius 1 is 0.933 bits per heavy atom. The van der Waals surface area contributed by atoms with Crippen LogP contribution in [0.5, 0.6) is 0 Å². The molecular formula is C22H18F3N3O2. The number of alkyl halides is 3. The Hall–Kier alpha value is -3.39. The minimum atomic E-state index is -4.70. The van der Waals surface area contributed by atoms with E-state index in [0.29, 0.717) is 6.07 Å². The first-order chi connectivity index (χ1) is 14.3. The number of hydrogen-bond donors (Lipinski definition) is 3. The summed E-state index contributed by atoms with van der Waals surface area (Å²) in [5.74, 6) is -0.752. The Kier molecular flexibility index (Phi) is 5.17. The molecular weight excluding hydrogens is 395 g/mol. The fraction of sp³-hybridized carbons (Fsp3) is 0.182. The molecule has 0 spiro atoms. The summed E-state index contributed by atoms with van der Waals surface area (Å²) < 4.78 is 38.4. The number of carbonyl (C=O) groups excluding carboxylic acids is 1. The average molecular weight is 413 g/mol. The minimum absolute atomic E-state index is 0.383. The van der Waals surface area contributed by atoms with Gasteiger partial charge in [0.1, 0.15) is 11.3 Å². The van der Waals surface area contributed by atoms with Gasteiger partial charge in [0.25, 0.3) is 11.5 Å². The van der Waals surface area contributed by atoms with E-state index in [1.807, 2.05) is 48.5 Å². The summed E-state index contributed by atoms with van der Waals surface area (Å²) in [5, 5.41) is 6.06. The summed E-state index contributed by atoms with van der Waals surface area (Å²) in [6.07, 6.45) is -4.70. The van der Waals surface area contributed by atoms with E-state index in [9.17, 15) is 22.8 Å². The molecule has 1 aliphatic rings. The SMILES string of the molecule is O=C(NC(c1ccccc1)c1ccc2c(c1)CNC2)c1ccc(C(F)(F)F)[nH]c1=O. The Morgan fingerprint density at radius 2 is 1.67 bits per heavy atom. The van der Waals surface area contributed by atoms with E-state index in [4.69, 9.17) is 0 Å². The van der Waals surface area contributed by atoms with Crippen LogP contribution in [-0.4, -0.2) is 10.9 Å². The van der Waals surface area contributed by atoms with Gasteiger partial charge in [-0.3, -0.25) is 9.59 Å². The highest BCUT2D eigenvalue weighted by atomic mass is 19.4. The third-order valence-electron chi connectivity index (χ3n) is 5.06. The van der Waals surface area contributed by atoms with Gasteiger partial charge < -0.3 is 15.6 Å². The molecule has 8 heteroatoms. The van der Waals surface area contributed by atoms with Crippen molar-refractivity contribution >= 4 is 5.91 Å². The number of fused-ring (bicyclic) bond motifs is 1. The predicted octanol–water partition coefficient (Wildman–Crippen LogP) is 3.52. The van der Waals surface area contributed by atoms with Gasteiger partial charge in [0.2, 0.25) is 0 Å². The number of amides is 1.